The van der Waals surface area contributed by atoms with Crippen LogP contribution in [0.1, 0.15) is 43.6 Å². The normalized spacial score (nSPS) is 17.3. The standard InChI is InChI=1S/C18H24ClN3O.ClH/c1-11-16-15(5-6-20-11)17(22(4)21-16)13-7-12(8-14(19)9-13)10-18(2,3)23;/h7-9,11,20,23H,5-6,10H2,1-4H3;1H. The topological polar surface area (TPSA) is 50.1 Å². The molecule has 1 aliphatic heterocycles. The summed E-state index contributed by atoms with van der Waals surface area (Å²) in [4.78, 5) is 0. The first-order chi connectivity index (χ1) is 10.7. The zero-order valence-corrected chi connectivity index (χ0v) is 16.1. The van der Waals surface area contributed by atoms with E-state index in [2.05, 4.69) is 18.3 Å². The van der Waals surface area contributed by atoms with Crippen molar-refractivity contribution in [3.63, 3.8) is 0 Å². The fourth-order valence-electron chi connectivity index (χ4n) is 3.44. The van der Waals surface area contributed by atoms with Crippen LogP contribution in [0.25, 0.3) is 11.3 Å². The van der Waals surface area contributed by atoms with Gasteiger partial charge >= 0.3 is 0 Å². The lowest BCUT2D eigenvalue weighted by Crippen LogP contribution is -2.27. The summed E-state index contributed by atoms with van der Waals surface area (Å²) in [6.45, 7) is 6.73. The molecule has 0 spiro atoms. The minimum atomic E-state index is -0.758. The summed E-state index contributed by atoms with van der Waals surface area (Å²) < 4.78 is 1.95. The van der Waals surface area contributed by atoms with Gasteiger partial charge in [0.1, 0.15) is 0 Å². The maximum absolute atomic E-state index is 10.1. The van der Waals surface area contributed by atoms with Crippen LogP contribution in [0.2, 0.25) is 5.02 Å². The quantitative estimate of drug-likeness (QED) is 0.867. The molecule has 2 aromatic rings. The van der Waals surface area contributed by atoms with Gasteiger partial charge < -0.3 is 10.4 Å². The molecule has 0 bridgehead atoms. The van der Waals surface area contributed by atoms with Crippen molar-refractivity contribution in [3.8, 4) is 11.3 Å². The van der Waals surface area contributed by atoms with E-state index in [-0.39, 0.29) is 18.4 Å². The summed E-state index contributed by atoms with van der Waals surface area (Å²) in [7, 11) is 1.98. The van der Waals surface area contributed by atoms with E-state index in [0.29, 0.717) is 11.4 Å². The predicted molar refractivity (Wildman–Crippen MR) is 101 cm³/mol. The molecule has 24 heavy (non-hydrogen) atoms. The van der Waals surface area contributed by atoms with Gasteiger partial charge in [0.25, 0.3) is 0 Å². The number of aromatic nitrogens is 2. The lowest BCUT2D eigenvalue weighted by atomic mass is 9.93. The SMILES string of the molecule is CC1NCCc2c1nn(C)c2-c1cc(Cl)cc(CC(C)(C)O)c1.Cl. The molecule has 0 aliphatic carbocycles. The Morgan fingerprint density at radius 2 is 2.08 bits per heavy atom. The van der Waals surface area contributed by atoms with Crippen molar-refractivity contribution in [2.75, 3.05) is 6.54 Å². The molecule has 2 heterocycles. The van der Waals surface area contributed by atoms with Crippen LogP contribution in [0, 0.1) is 0 Å². The monoisotopic (exact) mass is 369 g/mol. The Labute approximate surface area is 154 Å². The molecule has 3 rings (SSSR count). The van der Waals surface area contributed by atoms with Gasteiger partial charge in [-0.1, -0.05) is 11.6 Å². The Kier molecular flexibility index (Phi) is 5.65. The zero-order chi connectivity index (χ0) is 16.8. The van der Waals surface area contributed by atoms with Crippen LogP contribution in [0.3, 0.4) is 0 Å². The Balaban J connectivity index is 0.00000208. The van der Waals surface area contributed by atoms with E-state index in [4.69, 9.17) is 16.7 Å². The highest BCUT2D eigenvalue weighted by Gasteiger charge is 2.25. The molecule has 6 heteroatoms. The number of hydrogen-bond donors (Lipinski definition) is 2. The van der Waals surface area contributed by atoms with E-state index in [1.165, 1.54) is 5.56 Å². The Hall–Kier alpha value is -1.07. The number of nitrogens with one attached hydrogen (secondary N) is 1. The van der Waals surface area contributed by atoms with Crippen molar-refractivity contribution in [1.29, 1.82) is 0 Å². The van der Waals surface area contributed by atoms with Crippen LogP contribution in [0.5, 0.6) is 0 Å². The van der Waals surface area contributed by atoms with E-state index in [1.54, 1.807) is 0 Å². The number of halogens is 2. The first-order valence-electron chi connectivity index (χ1n) is 8.06. The number of fused-ring (bicyclic) bond motifs is 1. The van der Waals surface area contributed by atoms with Gasteiger partial charge in [-0.2, -0.15) is 5.10 Å². The average Bonchev–Trinajstić information content (AvgIpc) is 2.73. The second-order valence-electron chi connectivity index (χ2n) is 7.10. The van der Waals surface area contributed by atoms with Gasteiger partial charge in [0.15, 0.2) is 0 Å². The van der Waals surface area contributed by atoms with Gasteiger partial charge in [-0.3, -0.25) is 4.68 Å². The van der Waals surface area contributed by atoms with Gasteiger partial charge in [-0.25, -0.2) is 0 Å². The molecule has 1 atom stereocenters. The molecule has 0 radical (unpaired) electrons. The van der Waals surface area contributed by atoms with Crippen molar-refractivity contribution in [2.24, 2.45) is 7.05 Å². The number of hydrogen-bond acceptors (Lipinski definition) is 3. The Morgan fingerprint density at radius 1 is 1.38 bits per heavy atom. The molecule has 1 aromatic heterocycles. The number of nitrogens with zero attached hydrogens (tertiary/aromatic N) is 2. The average molecular weight is 370 g/mol. The van der Waals surface area contributed by atoms with Gasteiger partial charge in [-0.15, -0.1) is 12.4 Å². The summed E-state index contributed by atoms with van der Waals surface area (Å²) in [5, 5.41) is 18.9. The molecule has 0 saturated carbocycles. The van der Waals surface area contributed by atoms with Gasteiger partial charge in [0.05, 0.1) is 17.0 Å². The summed E-state index contributed by atoms with van der Waals surface area (Å²) in [5.41, 5.74) is 4.91. The van der Waals surface area contributed by atoms with E-state index in [1.807, 2.05) is 37.7 Å². The lowest BCUT2D eigenvalue weighted by molar-refractivity contribution is 0.0810. The van der Waals surface area contributed by atoms with E-state index in [0.717, 1.165) is 35.5 Å². The van der Waals surface area contributed by atoms with Gasteiger partial charge in [-0.05, 0) is 57.5 Å². The van der Waals surface area contributed by atoms with Gasteiger partial charge in [0, 0.05) is 35.7 Å². The van der Waals surface area contributed by atoms with Crippen molar-refractivity contribution >= 4 is 24.0 Å². The summed E-state index contributed by atoms with van der Waals surface area (Å²) >= 11 is 6.34. The number of aliphatic hydroxyl groups is 1. The van der Waals surface area contributed by atoms with Crippen molar-refractivity contribution in [1.82, 2.24) is 15.1 Å². The number of rotatable bonds is 3. The van der Waals surface area contributed by atoms with Crippen molar-refractivity contribution < 1.29 is 5.11 Å². The zero-order valence-electron chi connectivity index (χ0n) is 14.6. The maximum atomic E-state index is 10.1. The van der Waals surface area contributed by atoms with Crippen LogP contribution >= 0.6 is 24.0 Å². The fraction of sp³-hybridized carbons (Fsp3) is 0.500. The molecule has 1 unspecified atom stereocenters. The maximum Gasteiger partial charge on any atom is 0.0830 e. The summed E-state index contributed by atoms with van der Waals surface area (Å²) in [6, 6.07) is 6.30. The molecular formula is C18H25Cl2N3O. The third-order valence-electron chi connectivity index (χ3n) is 4.28. The van der Waals surface area contributed by atoms with E-state index in [9.17, 15) is 5.11 Å². The van der Waals surface area contributed by atoms with E-state index >= 15 is 0 Å². The molecular weight excluding hydrogens is 345 g/mol. The lowest BCUT2D eigenvalue weighted by Gasteiger charge is -2.20. The van der Waals surface area contributed by atoms with Crippen LogP contribution in [0.15, 0.2) is 18.2 Å². The minimum absolute atomic E-state index is 0. The highest BCUT2D eigenvalue weighted by molar-refractivity contribution is 6.31. The molecule has 0 saturated heterocycles. The van der Waals surface area contributed by atoms with Crippen LogP contribution in [-0.4, -0.2) is 27.0 Å². The van der Waals surface area contributed by atoms with Gasteiger partial charge in [0.2, 0.25) is 0 Å². The van der Waals surface area contributed by atoms with Crippen LogP contribution in [-0.2, 0) is 19.9 Å². The highest BCUT2D eigenvalue weighted by Crippen LogP contribution is 2.34. The second-order valence-corrected chi connectivity index (χ2v) is 7.54. The van der Waals surface area contributed by atoms with Crippen molar-refractivity contribution in [2.45, 2.75) is 45.3 Å². The number of benzene rings is 1. The molecule has 0 amide bonds. The first-order valence-corrected chi connectivity index (χ1v) is 8.44. The Bertz CT molecular complexity index is 735. The third-order valence-corrected chi connectivity index (χ3v) is 4.50. The molecule has 0 fully saturated rings. The molecule has 132 valence electrons. The fourth-order valence-corrected chi connectivity index (χ4v) is 3.70. The minimum Gasteiger partial charge on any atom is -0.390 e. The van der Waals surface area contributed by atoms with Crippen LogP contribution in [0.4, 0.5) is 0 Å². The second kappa shape index (κ2) is 7.04. The smallest absolute Gasteiger partial charge is 0.0830 e. The third kappa shape index (κ3) is 3.94. The predicted octanol–water partition coefficient (Wildman–Crippen LogP) is 3.68. The molecule has 4 nitrogen and oxygen atoms in total. The summed E-state index contributed by atoms with van der Waals surface area (Å²) in [5.74, 6) is 0. The highest BCUT2D eigenvalue weighted by atomic mass is 35.5. The van der Waals surface area contributed by atoms with Crippen LogP contribution < -0.4 is 5.32 Å². The Morgan fingerprint density at radius 3 is 2.75 bits per heavy atom. The number of aryl methyl sites for hydroxylation is 1. The summed E-state index contributed by atoms with van der Waals surface area (Å²) in [6.07, 6.45) is 1.54. The van der Waals surface area contributed by atoms with E-state index < -0.39 is 5.60 Å². The molecule has 2 N–H and O–H groups in total. The molecule has 1 aromatic carbocycles. The first kappa shape index (κ1) is 19.3. The molecule has 1 aliphatic rings. The largest absolute Gasteiger partial charge is 0.390 e. The van der Waals surface area contributed by atoms with Crippen molar-refractivity contribution in [3.05, 3.63) is 40.0 Å².